The lowest BCUT2D eigenvalue weighted by Gasteiger charge is -2.26. The molecular weight excluding hydrogens is 295 g/mol. The lowest BCUT2D eigenvalue weighted by atomic mass is 10.1. The van der Waals surface area contributed by atoms with Crippen LogP contribution in [0.15, 0.2) is 18.2 Å². The maximum atomic E-state index is 13.9. The van der Waals surface area contributed by atoms with Gasteiger partial charge in [0.25, 0.3) is 0 Å². The molecule has 23 heavy (non-hydrogen) atoms. The summed E-state index contributed by atoms with van der Waals surface area (Å²) in [5.41, 5.74) is 1.09. The predicted octanol–water partition coefficient (Wildman–Crippen LogP) is 4.34. The van der Waals surface area contributed by atoms with Gasteiger partial charge in [0, 0.05) is 19.1 Å². The SMILES string of the molecule is Cc1ccc(F)c(NC2CCCN(C(=O)OC(C)(C)C)CC2)c1. The van der Waals surface area contributed by atoms with Gasteiger partial charge in [0.15, 0.2) is 0 Å². The Labute approximate surface area is 138 Å². The number of carbonyl (C=O) groups is 1. The summed E-state index contributed by atoms with van der Waals surface area (Å²) in [6, 6.07) is 5.24. The number of nitrogens with zero attached hydrogens (tertiary/aromatic N) is 1. The molecule has 5 heteroatoms. The Morgan fingerprint density at radius 2 is 2.04 bits per heavy atom. The number of rotatable bonds is 2. The van der Waals surface area contributed by atoms with Gasteiger partial charge in [0.2, 0.25) is 0 Å². The zero-order valence-corrected chi connectivity index (χ0v) is 14.5. The molecular formula is C18H27FN2O2. The number of carbonyl (C=O) groups excluding carboxylic acids is 1. The summed E-state index contributed by atoms with van der Waals surface area (Å²) < 4.78 is 19.3. The van der Waals surface area contributed by atoms with E-state index in [1.807, 2.05) is 33.8 Å². The molecule has 4 nitrogen and oxygen atoms in total. The van der Waals surface area contributed by atoms with E-state index in [4.69, 9.17) is 4.74 Å². The number of amides is 1. The lowest BCUT2D eigenvalue weighted by molar-refractivity contribution is 0.0256. The summed E-state index contributed by atoms with van der Waals surface area (Å²) in [6.07, 6.45) is 2.31. The Kier molecular flexibility index (Phi) is 5.50. The van der Waals surface area contributed by atoms with Crippen molar-refractivity contribution < 1.29 is 13.9 Å². The molecule has 1 aliphatic heterocycles. The lowest BCUT2D eigenvalue weighted by Crippen LogP contribution is -2.37. The molecule has 1 atom stereocenters. The quantitative estimate of drug-likeness (QED) is 0.881. The number of likely N-dealkylation sites (tertiary alicyclic amines) is 1. The fourth-order valence-electron chi connectivity index (χ4n) is 2.72. The van der Waals surface area contributed by atoms with Crippen LogP contribution in [0.3, 0.4) is 0 Å². The number of anilines is 1. The van der Waals surface area contributed by atoms with E-state index in [2.05, 4.69) is 5.32 Å². The van der Waals surface area contributed by atoms with Gasteiger partial charge in [0.1, 0.15) is 11.4 Å². The average Bonchev–Trinajstić information content (AvgIpc) is 2.67. The first kappa shape index (κ1) is 17.6. The molecule has 0 radical (unpaired) electrons. The number of ether oxygens (including phenoxy) is 1. The summed E-state index contributed by atoms with van der Waals surface area (Å²) in [7, 11) is 0. The summed E-state index contributed by atoms with van der Waals surface area (Å²) in [6.45, 7) is 8.86. The van der Waals surface area contributed by atoms with E-state index in [1.54, 1.807) is 11.0 Å². The molecule has 1 fully saturated rings. The minimum absolute atomic E-state index is 0.165. The van der Waals surface area contributed by atoms with Crippen LogP contribution in [-0.2, 0) is 4.74 Å². The largest absolute Gasteiger partial charge is 0.444 e. The summed E-state index contributed by atoms with van der Waals surface area (Å²) in [4.78, 5) is 13.9. The second-order valence-electron chi connectivity index (χ2n) is 7.22. The highest BCUT2D eigenvalue weighted by atomic mass is 19.1. The van der Waals surface area contributed by atoms with Crippen molar-refractivity contribution >= 4 is 11.8 Å². The Morgan fingerprint density at radius 3 is 2.74 bits per heavy atom. The third-order valence-corrected chi connectivity index (χ3v) is 3.86. The van der Waals surface area contributed by atoms with Crippen molar-refractivity contribution in [2.45, 2.75) is 58.6 Å². The number of hydrogen-bond donors (Lipinski definition) is 1. The molecule has 128 valence electrons. The standard InChI is InChI=1S/C18H27FN2O2/c1-13-7-8-15(19)16(12-13)20-14-6-5-10-21(11-9-14)17(22)23-18(2,3)4/h7-8,12,14,20H,5-6,9-11H2,1-4H3. The average molecular weight is 322 g/mol. The molecule has 0 bridgehead atoms. The van der Waals surface area contributed by atoms with Gasteiger partial charge in [0.05, 0.1) is 5.69 Å². The van der Waals surface area contributed by atoms with Gasteiger partial charge in [-0.15, -0.1) is 0 Å². The molecule has 0 saturated carbocycles. The Morgan fingerprint density at radius 1 is 1.30 bits per heavy atom. The van der Waals surface area contributed by atoms with Gasteiger partial charge in [-0.1, -0.05) is 6.07 Å². The van der Waals surface area contributed by atoms with Gasteiger partial charge in [-0.2, -0.15) is 0 Å². The monoisotopic (exact) mass is 322 g/mol. The highest BCUT2D eigenvalue weighted by Crippen LogP contribution is 2.21. The zero-order valence-electron chi connectivity index (χ0n) is 14.5. The minimum Gasteiger partial charge on any atom is -0.444 e. The van der Waals surface area contributed by atoms with E-state index in [9.17, 15) is 9.18 Å². The van der Waals surface area contributed by atoms with Crippen LogP contribution in [0.5, 0.6) is 0 Å². The fraction of sp³-hybridized carbons (Fsp3) is 0.611. The third kappa shape index (κ3) is 5.41. The van der Waals surface area contributed by atoms with Crippen molar-refractivity contribution in [1.82, 2.24) is 4.90 Å². The molecule has 1 aliphatic rings. The van der Waals surface area contributed by atoms with Crippen molar-refractivity contribution in [2.24, 2.45) is 0 Å². The van der Waals surface area contributed by atoms with Crippen LogP contribution in [0.1, 0.15) is 45.6 Å². The molecule has 1 saturated heterocycles. The fourth-order valence-corrected chi connectivity index (χ4v) is 2.72. The molecule has 1 aromatic carbocycles. The van der Waals surface area contributed by atoms with Crippen LogP contribution in [0, 0.1) is 12.7 Å². The van der Waals surface area contributed by atoms with E-state index < -0.39 is 5.60 Å². The van der Waals surface area contributed by atoms with E-state index in [0.717, 1.165) is 24.8 Å². The van der Waals surface area contributed by atoms with Crippen molar-refractivity contribution in [2.75, 3.05) is 18.4 Å². The van der Waals surface area contributed by atoms with Crippen molar-refractivity contribution in [1.29, 1.82) is 0 Å². The van der Waals surface area contributed by atoms with E-state index >= 15 is 0 Å². The first-order chi connectivity index (χ1) is 10.7. The highest BCUT2D eigenvalue weighted by Gasteiger charge is 2.25. The van der Waals surface area contributed by atoms with Crippen LogP contribution in [0.2, 0.25) is 0 Å². The number of benzene rings is 1. The first-order valence-corrected chi connectivity index (χ1v) is 8.25. The summed E-state index contributed by atoms with van der Waals surface area (Å²) in [5, 5.41) is 3.28. The Bertz CT molecular complexity index is 554. The summed E-state index contributed by atoms with van der Waals surface area (Å²) >= 11 is 0. The second kappa shape index (κ2) is 7.20. The molecule has 1 unspecified atom stereocenters. The van der Waals surface area contributed by atoms with Crippen LogP contribution in [0.25, 0.3) is 0 Å². The maximum absolute atomic E-state index is 13.9. The van der Waals surface area contributed by atoms with Gasteiger partial charge < -0.3 is 15.0 Å². The molecule has 1 N–H and O–H groups in total. The van der Waals surface area contributed by atoms with E-state index in [-0.39, 0.29) is 18.0 Å². The van der Waals surface area contributed by atoms with Crippen LogP contribution in [0.4, 0.5) is 14.9 Å². The normalized spacial score (nSPS) is 19.2. The molecule has 0 aromatic heterocycles. The molecule has 0 aliphatic carbocycles. The smallest absolute Gasteiger partial charge is 0.410 e. The minimum atomic E-state index is -0.480. The predicted molar refractivity (Wildman–Crippen MR) is 90.2 cm³/mol. The molecule has 1 amide bonds. The van der Waals surface area contributed by atoms with E-state index in [1.165, 1.54) is 6.07 Å². The van der Waals surface area contributed by atoms with Gasteiger partial charge in [-0.05, 0) is 64.7 Å². The number of nitrogens with one attached hydrogen (secondary N) is 1. The van der Waals surface area contributed by atoms with Gasteiger partial charge in [-0.25, -0.2) is 9.18 Å². The zero-order chi connectivity index (χ0) is 17.0. The number of halogens is 1. The van der Waals surface area contributed by atoms with Crippen molar-refractivity contribution in [3.63, 3.8) is 0 Å². The van der Waals surface area contributed by atoms with E-state index in [0.29, 0.717) is 18.8 Å². The van der Waals surface area contributed by atoms with Gasteiger partial charge in [-0.3, -0.25) is 0 Å². The first-order valence-electron chi connectivity index (χ1n) is 8.25. The molecule has 1 heterocycles. The second-order valence-corrected chi connectivity index (χ2v) is 7.22. The van der Waals surface area contributed by atoms with Crippen LogP contribution < -0.4 is 5.32 Å². The van der Waals surface area contributed by atoms with Crippen molar-refractivity contribution in [3.05, 3.63) is 29.6 Å². The maximum Gasteiger partial charge on any atom is 0.410 e. The number of hydrogen-bond acceptors (Lipinski definition) is 3. The summed E-state index contributed by atoms with van der Waals surface area (Å²) in [5.74, 6) is -0.233. The van der Waals surface area contributed by atoms with Gasteiger partial charge >= 0.3 is 6.09 Å². The van der Waals surface area contributed by atoms with Crippen molar-refractivity contribution in [3.8, 4) is 0 Å². The molecule has 2 rings (SSSR count). The Hall–Kier alpha value is -1.78. The third-order valence-electron chi connectivity index (χ3n) is 3.86. The topological polar surface area (TPSA) is 41.6 Å². The highest BCUT2D eigenvalue weighted by molar-refractivity contribution is 5.68. The van der Waals surface area contributed by atoms with Crippen LogP contribution >= 0.6 is 0 Å². The number of aryl methyl sites for hydroxylation is 1. The molecule has 1 aromatic rings. The molecule has 0 spiro atoms. The Balaban J connectivity index is 1.93. The van der Waals surface area contributed by atoms with Crippen LogP contribution in [-0.4, -0.2) is 35.7 Å².